The number of nitrogens with one attached hydrogen (secondary N) is 2. The lowest BCUT2D eigenvalue weighted by atomic mass is 9.97. The molecule has 1 aromatic carbocycles. The van der Waals surface area contributed by atoms with Gasteiger partial charge in [-0.25, -0.2) is 17.9 Å². The van der Waals surface area contributed by atoms with Gasteiger partial charge in [0.1, 0.15) is 0 Å². The van der Waals surface area contributed by atoms with Gasteiger partial charge in [0.2, 0.25) is 10.0 Å². The maximum absolute atomic E-state index is 13.2. The molecule has 2 rings (SSSR count). The largest absolute Gasteiger partial charge is 0.465 e. The zero-order chi connectivity index (χ0) is 18.8. The van der Waals surface area contributed by atoms with Crippen molar-refractivity contribution in [2.24, 2.45) is 5.92 Å². The molecule has 1 heterocycles. The van der Waals surface area contributed by atoms with Gasteiger partial charge in [-0.3, -0.25) is 0 Å². The number of benzene rings is 1. The monoisotopic (exact) mass is 380 g/mol. The highest BCUT2D eigenvalue weighted by Gasteiger charge is 2.37. The van der Waals surface area contributed by atoms with Gasteiger partial charge in [0, 0.05) is 6.04 Å². The molecule has 0 aliphatic carbocycles. The Morgan fingerprint density at radius 3 is 2.60 bits per heavy atom. The number of methoxy groups -OCH3 is 1. The zero-order valence-corrected chi connectivity index (χ0v) is 14.5. The lowest BCUT2D eigenvalue weighted by Crippen LogP contribution is -2.48. The highest BCUT2D eigenvalue weighted by molar-refractivity contribution is 7.89. The normalized spacial score (nSPS) is 21.8. The van der Waals surface area contributed by atoms with E-state index in [1.54, 1.807) is 0 Å². The van der Waals surface area contributed by atoms with Crippen LogP contribution in [0.3, 0.4) is 0 Å². The van der Waals surface area contributed by atoms with Crippen LogP contribution in [0, 0.1) is 5.92 Å². The van der Waals surface area contributed by atoms with Crippen LogP contribution in [0.4, 0.5) is 13.2 Å². The Morgan fingerprint density at radius 2 is 2.04 bits per heavy atom. The smallest absolute Gasteiger partial charge is 0.417 e. The Bertz CT molecular complexity index is 750. The second-order valence-corrected chi connectivity index (χ2v) is 7.61. The van der Waals surface area contributed by atoms with Crippen LogP contribution >= 0.6 is 0 Å². The number of alkyl halides is 3. The Labute approximate surface area is 143 Å². The summed E-state index contributed by atoms with van der Waals surface area (Å²) in [6.45, 7) is 3.08. The van der Waals surface area contributed by atoms with Gasteiger partial charge in [-0.2, -0.15) is 13.2 Å². The second kappa shape index (κ2) is 7.30. The number of rotatable bonds is 4. The van der Waals surface area contributed by atoms with E-state index in [-0.39, 0.29) is 12.0 Å². The summed E-state index contributed by atoms with van der Waals surface area (Å²) in [4.78, 5) is 11.0. The topological polar surface area (TPSA) is 84.5 Å². The van der Waals surface area contributed by atoms with E-state index in [1.165, 1.54) is 0 Å². The first kappa shape index (κ1) is 19.7. The first-order valence-corrected chi connectivity index (χ1v) is 9.07. The number of carbonyl (C=O) groups is 1. The molecule has 0 bridgehead atoms. The fourth-order valence-corrected chi connectivity index (χ4v) is 4.07. The van der Waals surface area contributed by atoms with Crippen LogP contribution in [0.15, 0.2) is 23.1 Å². The van der Waals surface area contributed by atoms with E-state index in [2.05, 4.69) is 14.8 Å². The molecule has 0 aromatic heterocycles. The molecule has 0 amide bonds. The van der Waals surface area contributed by atoms with Gasteiger partial charge in [0.05, 0.1) is 23.1 Å². The molecule has 0 saturated carbocycles. The van der Waals surface area contributed by atoms with Crippen molar-refractivity contribution >= 4 is 16.0 Å². The number of hydrogen-bond acceptors (Lipinski definition) is 5. The lowest BCUT2D eigenvalue weighted by molar-refractivity contribution is -0.138. The van der Waals surface area contributed by atoms with E-state index in [1.807, 2.05) is 6.92 Å². The van der Waals surface area contributed by atoms with E-state index in [9.17, 15) is 26.4 Å². The third-order valence-electron chi connectivity index (χ3n) is 4.10. The number of halogens is 3. The van der Waals surface area contributed by atoms with Crippen molar-refractivity contribution in [3.05, 3.63) is 29.3 Å². The minimum Gasteiger partial charge on any atom is -0.465 e. The summed E-state index contributed by atoms with van der Waals surface area (Å²) in [6, 6.07) is 1.87. The lowest BCUT2D eigenvalue weighted by Gasteiger charge is -2.30. The fourth-order valence-electron chi connectivity index (χ4n) is 2.67. The molecular formula is C15H19F3N2O4S. The predicted molar refractivity (Wildman–Crippen MR) is 83.5 cm³/mol. The van der Waals surface area contributed by atoms with Gasteiger partial charge in [-0.05, 0) is 43.6 Å². The van der Waals surface area contributed by atoms with E-state index in [4.69, 9.17) is 0 Å². The van der Waals surface area contributed by atoms with Crippen LogP contribution in [0.5, 0.6) is 0 Å². The SMILES string of the molecule is COC(=O)c1ccc(S(=O)(=O)NC2CCNCC2C)cc1C(F)(F)F. The molecular weight excluding hydrogens is 361 g/mol. The molecule has 6 nitrogen and oxygen atoms in total. The van der Waals surface area contributed by atoms with E-state index < -0.39 is 38.2 Å². The minimum atomic E-state index is -4.89. The highest BCUT2D eigenvalue weighted by Crippen LogP contribution is 2.34. The molecule has 140 valence electrons. The van der Waals surface area contributed by atoms with E-state index >= 15 is 0 Å². The summed E-state index contributed by atoms with van der Waals surface area (Å²) in [5.41, 5.74) is -2.08. The van der Waals surface area contributed by atoms with E-state index in [0.29, 0.717) is 25.6 Å². The van der Waals surface area contributed by atoms with Gasteiger partial charge >= 0.3 is 12.1 Å². The van der Waals surface area contributed by atoms with Crippen molar-refractivity contribution in [2.45, 2.75) is 30.5 Å². The van der Waals surface area contributed by atoms with Gasteiger partial charge in [-0.1, -0.05) is 6.92 Å². The predicted octanol–water partition coefficient (Wildman–Crippen LogP) is 1.77. The quantitative estimate of drug-likeness (QED) is 0.778. The molecule has 1 aromatic rings. The molecule has 0 radical (unpaired) electrons. The molecule has 1 aliphatic rings. The molecule has 10 heteroatoms. The zero-order valence-electron chi connectivity index (χ0n) is 13.7. The molecule has 2 unspecified atom stereocenters. The van der Waals surface area contributed by atoms with Crippen LogP contribution in [0.2, 0.25) is 0 Å². The third kappa shape index (κ3) is 4.50. The number of piperidine rings is 1. The van der Waals surface area contributed by atoms with Crippen molar-refractivity contribution in [2.75, 3.05) is 20.2 Å². The summed E-state index contributed by atoms with van der Waals surface area (Å²) in [5.74, 6) is -1.18. The molecule has 0 spiro atoms. The van der Waals surface area contributed by atoms with Crippen LogP contribution in [0.1, 0.15) is 29.3 Å². The molecule has 2 atom stereocenters. The average molecular weight is 380 g/mol. The first-order chi connectivity index (χ1) is 11.6. The number of hydrogen-bond donors (Lipinski definition) is 2. The summed E-state index contributed by atoms with van der Waals surface area (Å²) in [5, 5.41) is 3.11. The van der Waals surface area contributed by atoms with Crippen LogP contribution in [-0.2, 0) is 20.9 Å². The van der Waals surface area contributed by atoms with Crippen molar-refractivity contribution in [1.82, 2.24) is 10.0 Å². The summed E-state index contributed by atoms with van der Waals surface area (Å²) >= 11 is 0. The van der Waals surface area contributed by atoms with Crippen LogP contribution in [0.25, 0.3) is 0 Å². The number of carbonyl (C=O) groups excluding carboxylic acids is 1. The maximum atomic E-state index is 13.2. The molecule has 1 fully saturated rings. The Kier molecular flexibility index (Phi) is 5.75. The fraction of sp³-hybridized carbons (Fsp3) is 0.533. The van der Waals surface area contributed by atoms with Crippen LogP contribution in [-0.4, -0.2) is 40.6 Å². The third-order valence-corrected chi connectivity index (χ3v) is 5.59. The molecule has 25 heavy (non-hydrogen) atoms. The summed E-state index contributed by atoms with van der Waals surface area (Å²) < 4.78 is 71.3. The van der Waals surface area contributed by atoms with Crippen molar-refractivity contribution in [3.8, 4) is 0 Å². The molecule has 1 saturated heterocycles. The Hall–Kier alpha value is -1.65. The Balaban J connectivity index is 2.39. The number of ether oxygens (including phenoxy) is 1. The van der Waals surface area contributed by atoms with Gasteiger partial charge in [0.15, 0.2) is 0 Å². The van der Waals surface area contributed by atoms with Gasteiger partial charge in [0.25, 0.3) is 0 Å². The second-order valence-electron chi connectivity index (χ2n) is 5.89. The highest BCUT2D eigenvalue weighted by atomic mass is 32.2. The first-order valence-electron chi connectivity index (χ1n) is 7.59. The maximum Gasteiger partial charge on any atom is 0.417 e. The van der Waals surface area contributed by atoms with Crippen molar-refractivity contribution < 1.29 is 31.1 Å². The van der Waals surface area contributed by atoms with Gasteiger partial charge < -0.3 is 10.1 Å². The summed E-state index contributed by atoms with van der Waals surface area (Å²) in [6.07, 6.45) is -4.36. The average Bonchev–Trinajstić information content (AvgIpc) is 2.54. The Morgan fingerprint density at radius 1 is 1.36 bits per heavy atom. The number of esters is 1. The van der Waals surface area contributed by atoms with Crippen molar-refractivity contribution in [1.29, 1.82) is 0 Å². The molecule has 1 aliphatic heterocycles. The van der Waals surface area contributed by atoms with Gasteiger partial charge in [-0.15, -0.1) is 0 Å². The standard InChI is InChI=1S/C15H19F3N2O4S/c1-9-8-19-6-5-13(9)20-25(22,23)10-3-4-11(14(21)24-2)12(7-10)15(16,17)18/h3-4,7,9,13,19-20H,5-6,8H2,1-2H3. The minimum absolute atomic E-state index is 0.0000427. The van der Waals surface area contributed by atoms with Crippen LogP contribution < -0.4 is 10.0 Å². The molecule has 2 N–H and O–H groups in total. The number of sulfonamides is 1. The van der Waals surface area contributed by atoms with Crippen molar-refractivity contribution in [3.63, 3.8) is 0 Å². The summed E-state index contributed by atoms with van der Waals surface area (Å²) in [7, 11) is -3.20. The van der Waals surface area contributed by atoms with E-state index in [0.717, 1.165) is 19.2 Å².